The fourth-order valence-corrected chi connectivity index (χ4v) is 2.79. The molecule has 2 rings (SSSR count). The standard InChI is InChI=1S/C19H21BrN2O2/c1-3-18(14-7-9-16(20)10-8-14)21-12-19(24)22-17-6-4-5-15(11-17)13(2)23/h4-11,18,21H,3,12H2,1-2H3,(H,22,24)/p+1/t18-/m0/s1. The Bertz CT molecular complexity index is 714. The number of anilines is 1. The first-order valence-corrected chi connectivity index (χ1v) is 8.78. The number of hydrogen-bond acceptors (Lipinski definition) is 2. The molecule has 1 atom stereocenters. The second-order valence-electron chi connectivity index (χ2n) is 5.69. The number of nitrogens with two attached hydrogens (primary N) is 1. The van der Waals surface area contributed by atoms with Gasteiger partial charge in [0.1, 0.15) is 6.04 Å². The summed E-state index contributed by atoms with van der Waals surface area (Å²) in [4.78, 5) is 23.6. The third-order valence-corrected chi connectivity index (χ3v) is 4.41. The van der Waals surface area contributed by atoms with E-state index in [9.17, 15) is 9.59 Å². The largest absolute Gasteiger partial charge is 0.332 e. The zero-order chi connectivity index (χ0) is 17.5. The van der Waals surface area contributed by atoms with Crippen molar-refractivity contribution >= 4 is 33.3 Å². The lowest BCUT2D eigenvalue weighted by atomic mass is 10.0. The van der Waals surface area contributed by atoms with Crippen LogP contribution in [0.25, 0.3) is 0 Å². The molecule has 4 nitrogen and oxygen atoms in total. The molecule has 1 amide bonds. The molecule has 0 bridgehead atoms. The number of Topliss-reactive ketones (excluding diaryl/α,β-unsaturated/α-hetero) is 1. The van der Waals surface area contributed by atoms with Crippen molar-refractivity contribution < 1.29 is 14.9 Å². The van der Waals surface area contributed by atoms with E-state index >= 15 is 0 Å². The van der Waals surface area contributed by atoms with Crippen LogP contribution < -0.4 is 10.6 Å². The van der Waals surface area contributed by atoms with Gasteiger partial charge in [-0.05, 0) is 31.2 Å². The summed E-state index contributed by atoms with van der Waals surface area (Å²) in [6, 6.07) is 15.4. The number of hydrogen-bond donors (Lipinski definition) is 2. The van der Waals surface area contributed by atoms with Crippen LogP contribution in [0.4, 0.5) is 5.69 Å². The molecule has 3 N–H and O–H groups in total. The number of halogens is 1. The summed E-state index contributed by atoms with van der Waals surface area (Å²) in [5.74, 6) is -0.0924. The maximum atomic E-state index is 12.2. The Hall–Kier alpha value is -1.98. The van der Waals surface area contributed by atoms with Gasteiger partial charge >= 0.3 is 0 Å². The lowest BCUT2D eigenvalue weighted by Crippen LogP contribution is -2.87. The van der Waals surface area contributed by atoms with E-state index in [4.69, 9.17) is 0 Å². The highest BCUT2D eigenvalue weighted by atomic mass is 79.9. The average molecular weight is 390 g/mol. The second kappa shape index (κ2) is 8.76. The summed E-state index contributed by atoms with van der Waals surface area (Å²) < 4.78 is 1.05. The van der Waals surface area contributed by atoms with Crippen molar-refractivity contribution in [2.75, 3.05) is 11.9 Å². The molecule has 2 aromatic carbocycles. The summed E-state index contributed by atoms with van der Waals surface area (Å²) in [6.45, 7) is 3.95. The summed E-state index contributed by atoms with van der Waals surface area (Å²) >= 11 is 3.43. The molecule has 0 aliphatic rings. The van der Waals surface area contributed by atoms with E-state index in [1.807, 2.05) is 17.4 Å². The summed E-state index contributed by atoms with van der Waals surface area (Å²) in [6.07, 6.45) is 0.939. The van der Waals surface area contributed by atoms with E-state index in [0.29, 0.717) is 17.8 Å². The molecule has 5 heteroatoms. The Morgan fingerprint density at radius 2 is 1.88 bits per heavy atom. The van der Waals surface area contributed by atoms with Gasteiger partial charge in [-0.2, -0.15) is 0 Å². The lowest BCUT2D eigenvalue weighted by Gasteiger charge is -2.14. The molecule has 24 heavy (non-hydrogen) atoms. The minimum atomic E-state index is -0.0775. The molecule has 0 saturated carbocycles. The second-order valence-corrected chi connectivity index (χ2v) is 6.61. The number of carbonyl (C=O) groups is 2. The van der Waals surface area contributed by atoms with Crippen LogP contribution in [0.1, 0.15) is 42.2 Å². The Morgan fingerprint density at radius 1 is 1.17 bits per heavy atom. The highest BCUT2D eigenvalue weighted by molar-refractivity contribution is 9.10. The quantitative estimate of drug-likeness (QED) is 0.713. The minimum absolute atomic E-state index is 0.0149. The topological polar surface area (TPSA) is 62.8 Å². The maximum Gasteiger partial charge on any atom is 0.279 e. The van der Waals surface area contributed by atoms with E-state index < -0.39 is 0 Å². The van der Waals surface area contributed by atoms with Crippen molar-refractivity contribution in [1.29, 1.82) is 0 Å². The predicted octanol–water partition coefficient (Wildman–Crippen LogP) is 3.30. The summed E-state index contributed by atoms with van der Waals surface area (Å²) in [5.41, 5.74) is 2.45. The smallest absolute Gasteiger partial charge is 0.279 e. The van der Waals surface area contributed by atoms with Crippen LogP contribution in [0.15, 0.2) is 53.0 Å². The Morgan fingerprint density at radius 3 is 2.50 bits per heavy atom. The Balaban J connectivity index is 1.93. The first-order valence-electron chi connectivity index (χ1n) is 7.99. The van der Waals surface area contributed by atoms with Crippen LogP contribution in [0.2, 0.25) is 0 Å². The van der Waals surface area contributed by atoms with Crippen molar-refractivity contribution in [3.63, 3.8) is 0 Å². The van der Waals surface area contributed by atoms with Gasteiger partial charge in [0.15, 0.2) is 12.3 Å². The third kappa shape index (κ3) is 5.28. The fraction of sp³-hybridized carbons (Fsp3) is 0.263. The molecule has 0 unspecified atom stereocenters. The van der Waals surface area contributed by atoms with Crippen molar-refractivity contribution in [3.8, 4) is 0 Å². The van der Waals surface area contributed by atoms with Crippen LogP contribution in [0.3, 0.4) is 0 Å². The first-order chi connectivity index (χ1) is 11.5. The normalized spacial score (nSPS) is 11.8. The number of rotatable bonds is 7. The molecule has 0 radical (unpaired) electrons. The molecule has 0 saturated heterocycles. The van der Waals surface area contributed by atoms with Gasteiger partial charge in [-0.15, -0.1) is 0 Å². The maximum absolute atomic E-state index is 12.2. The molecule has 0 aliphatic carbocycles. The molecule has 0 spiro atoms. The van der Waals surface area contributed by atoms with Crippen LogP contribution in [0, 0.1) is 0 Å². The van der Waals surface area contributed by atoms with Gasteiger partial charge in [0, 0.05) is 27.7 Å². The van der Waals surface area contributed by atoms with E-state index in [1.165, 1.54) is 12.5 Å². The van der Waals surface area contributed by atoms with Crippen molar-refractivity contribution in [1.82, 2.24) is 0 Å². The SMILES string of the molecule is CC[C@H]([NH2+]CC(=O)Nc1cccc(C(C)=O)c1)c1ccc(Br)cc1. The first kappa shape index (κ1) is 18.4. The number of nitrogens with one attached hydrogen (secondary N) is 1. The molecular formula is C19H22BrN2O2+. The predicted molar refractivity (Wildman–Crippen MR) is 99.0 cm³/mol. The molecule has 0 aromatic heterocycles. The molecule has 2 aromatic rings. The van der Waals surface area contributed by atoms with Gasteiger partial charge < -0.3 is 10.6 Å². The van der Waals surface area contributed by atoms with Gasteiger partial charge in [0.25, 0.3) is 5.91 Å². The Labute approximate surface area is 150 Å². The van der Waals surface area contributed by atoms with Gasteiger partial charge in [-0.1, -0.05) is 47.1 Å². The monoisotopic (exact) mass is 389 g/mol. The highest BCUT2D eigenvalue weighted by Gasteiger charge is 2.15. The third-order valence-electron chi connectivity index (χ3n) is 3.88. The van der Waals surface area contributed by atoms with Gasteiger partial charge in [0.2, 0.25) is 0 Å². The molecule has 126 valence electrons. The van der Waals surface area contributed by atoms with Crippen LogP contribution >= 0.6 is 15.9 Å². The van der Waals surface area contributed by atoms with Gasteiger partial charge in [-0.3, -0.25) is 9.59 Å². The van der Waals surface area contributed by atoms with Crippen LogP contribution in [0.5, 0.6) is 0 Å². The minimum Gasteiger partial charge on any atom is -0.332 e. The van der Waals surface area contributed by atoms with E-state index in [1.54, 1.807) is 24.3 Å². The highest BCUT2D eigenvalue weighted by Crippen LogP contribution is 2.16. The van der Waals surface area contributed by atoms with Gasteiger partial charge in [-0.25, -0.2) is 0 Å². The van der Waals surface area contributed by atoms with Crippen LogP contribution in [-0.2, 0) is 4.79 Å². The summed E-state index contributed by atoms with van der Waals surface area (Å²) in [7, 11) is 0. The number of amides is 1. The van der Waals surface area contributed by atoms with Crippen molar-refractivity contribution in [2.45, 2.75) is 26.3 Å². The average Bonchev–Trinajstić information content (AvgIpc) is 2.57. The van der Waals surface area contributed by atoms with E-state index in [-0.39, 0.29) is 17.7 Å². The van der Waals surface area contributed by atoms with E-state index in [2.05, 4.69) is 40.3 Å². The molecule has 0 aliphatic heterocycles. The zero-order valence-corrected chi connectivity index (χ0v) is 15.5. The number of quaternary nitrogens is 1. The summed E-state index contributed by atoms with van der Waals surface area (Å²) in [5, 5.41) is 4.88. The molecular weight excluding hydrogens is 368 g/mol. The van der Waals surface area contributed by atoms with E-state index in [0.717, 1.165) is 10.9 Å². The Kier molecular flexibility index (Phi) is 6.70. The lowest BCUT2D eigenvalue weighted by molar-refractivity contribution is -0.686. The number of ketones is 1. The van der Waals surface area contributed by atoms with Gasteiger partial charge in [0.05, 0.1) is 0 Å². The van der Waals surface area contributed by atoms with Crippen molar-refractivity contribution in [2.24, 2.45) is 0 Å². The number of carbonyl (C=O) groups excluding carboxylic acids is 2. The van der Waals surface area contributed by atoms with Crippen LogP contribution in [-0.4, -0.2) is 18.2 Å². The molecule has 0 heterocycles. The zero-order valence-electron chi connectivity index (χ0n) is 13.9. The molecule has 0 fully saturated rings. The number of benzene rings is 2. The van der Waals surface area contributed by atoms with Crippen molar-refractivity contribution in [3.05, 3.63) is 64.1 Å². The fourth-order valence-electron chi connectivity index (χ4n) is 2.53.